The zero-order valence-corrected chi connectivity index (χ0v) is 14.4. The van der Waals surface area contributed by atoms with Crippen LogP contribution in [0, 0.1) is 11.8 Å². The summed E-state index contributed by atoms with van der Waals surface area (Å²) < 4.78 is 32.5. The molecular formula is C18H24O3S. The second kappa shape index (κ2) is 6.39. The molecule has 0 bridgehead atoms. The van der Waals surface area contributed by atoms with Crippen molar-refractivity contribution in [2.75, 3.05) is 0 Å². The summed E-state index contributed by atoms with van der Waals surface area (Å²) >= 11 is 0. The summed E-state index contributed by atoms with van der Waals surface area (Å²) in [5.74, 6) is 0.951. The molecule has 22 heavy (non-hydrogen) atoms. The molecule has 0 aliphatic rings. The van der Waals surface area contributed by atoms with Gasteiger partial charge in [0.1, 0.15) is 0 Å². The van der Waals surface area contributed by atoms with Gasteiger partial charge in [0.15, 0.2) is 0 Å². The first-order valence-electron chi connectivity index (χ1n) is 7.70. The van der Waals surface area contributed by atoms with Gasteiger partial charge in [-0.3, -0.25) is 4.55 Å². The van der Waals surface area contributed by atoms with E-state index in [-0.39, 0.29) is 4.90 Å². The second-order valence-electron chi connectivity index (χ2n) is 6.81. The number of benzene rings is 2. The van der Waals surface area contributed by atoms with Crippen molar-refractivity contribution in [3.8, 4) is 0 Å². The van der Waals surface area contributed by atoms with Crippen molar-refractivity contribution in [2.24, 2.45) is 11.8 Å². The highest BCUT2D eigenvalue weighted by Gasteiger charge is 2.14. The lowest BCUT2D eigenvalue weighted by atomic mass is 9.94. The topological polar surface area (TPSA) is 54.4 Å². The zero-order valence-electron chi connectivity index (χ0n) is 13.6. The summed E-state index contributed by atoms with van der Waals surface area (Å²) in [4.78, 5) is -0.0163. The average molecular weight is 320 g/mol. The van der Waals surface area contributed by atoms with E-state index in [9.17, 15) is 13.0 Å². The van der Waals surface area contributed by atoms with Crippen LogP contribution in [-0.2, 0) is 23.0 Å². The number of hydrogen-bond donors (Lipinski definition) is 1. The van der Waals surface area contributed by atoms with Crippen LogP contribution in [0.3, 0.4) is 0 Å². The van der Waals surface area contributed by atoms with Crippen LogP contribution in [0.15, 0.2) is 35.2 Å². The summed E-state index contributed by atoms with van der Waals surface area (Å²) in [5, 5.41) is 1.94. The van der Waals surface area contributed by atoms with Gasteiger partial charge in [-0.15, -0.1) is 0 Å². The first kappa shape index (κ1) is 17.0. The van der Waals surface area contributed by atoms with Gasteiger partial charge in [0.2, 0.25) is 0 Å². The van der Waals surface area contributed by atoms with Crippen LogP contribution < -0.4 is 0 Å². The summed E-state index contributed by atoms with van der Waals surface area (Å²) in [7, 11) is -4.19. The van der Waals surface area contributed by atoms with E-state index in [2.05, 4.69) is 39.8 Å². The van der Waals surface area contributed by atoms with Gasteiger partial charge in [-0.1, -0.05) is 45.9 Å². The first-order valence-corrected chi connectivity index (χ1v) is 9.14. The Morgan fingerprint density at radius 1 is 0.955 bits per heavy atom. The quantitative estimate of drug-likeness (QED) is 0.826. The van der Waals surface area contributed by atoms with Crippen molar-refractivity contribution in [3.05, 3.63) is 41.5 Å². The summed E-state index contributed by atoms with van der Waals surface area (Å²) in [6, 6.07) is 9.38. The van der Waals surface area contributed by atoms with Gasteiger partial charge in [0.05, 0.1) is 4.90 Å². The SMILES string of the molecule is CC(C)Cc1ccc2c(CC(C)C)cc(S(=O)(=O)O)cc2c1. The molecule has 0 amide bonds. The molecule has 1 N–H and O–H groups in total. The monoisotopic (exact) mass is 320 g/mol. The third-order valence-corrected chi connectivity index (χ3v) is 4.48. The van der Waals surface area contributed by atoms with Gasteiger partial charge in [-0.05, 0) is 58.7 Å². The highest BCUT2D eigenvalue weighted by Crippen LogP contribution is 2.27. The maximum absolute atomic E-state index is 11.5. The molecule has 0 saturated carbocycles. The van der Waals surface area contributed by atoms with Gasteiger partial charge in [-0.25, -0.2) is 0 Å². The molecule has 2 aromatic carbocycles. The Morgan fingerprint density at radius 3 is 2.14 bits per heavy atom. The lowest BCUT2D eigenvalue weighted by Crippen LogP contribution is -2.03. The zero-order chi connectivity index (χ0) is 16.5. The van der Waals surface area contributed by atoms with E-state index in [1.807, 2.05) is 6.07 Å². The van der Waals surface area contributed by atoms with Crippen molar-refractivity contribution >= 4 is 20.9 Å². The number of fused-ring (bicyclic) bond motifs is 1. The largest absolute Gasteiger partial charge is 0.294 e. The fraction of sp³-hybridized carbons (Fsp3) is 0.444. The molecule has 0 spiro atoms. The van der Waals surface area contributed by atoms with E-state index in [1.165, 1.54) is 5.56 Å². The third kappa shape index (κ3) is 4.08. The van der Waals surface area contributed by atoms with Crippen molar-refractivity contribution in [1.29, 1.82) is 0 Å². The summed E-state index contributed by atoms with van der Waals surface area (Å²) in [5.41, 5.74) is 2.15. The van der Waals surface area contributed by atoms with Gasteiger partial charge < -0.3 is 0 Å². The molecule has 4 heteroatoms. The highest BCUT2D eigenvalue weighted by molar-refractivity contribution is 7.85. The van der Waals surface area contributed by atoms with E-state index in [4.69, 9.17) is 0 Å². The highest BCUT2D eigenvalue weighted by atomic mass is 32.2. The Kier molecular flexibility index (Phi) is 4.93. The molecule has 0 saturated heterocycles. The minimum atomic E-state index is -4.19. The van der Waals surface area contributed by atoms with Crippen LogP contribution in [0.4, 0.5) is 0 Å². The fourth-order valence-corrected chi connectivity index (χ4v) is 3.39. The van der Waals surface area contributed by atoms with Crippen molar-refractivity contribution in [1.82, 2.24) is 0 Å². The minimum absolute atomic E-state index is 0.0163. The van der Waals surface area contributed by atoms with Crippen molar-refractivity contribution < 1.29 is 13.0 Å². The van der Waals surface area contributed by atoms with Crippen molar-refractivity contribution in [3.63, 3.8) is 0 Å². The molecular weight excluding hydrogens is 296 g/mol. The maximum atomic E-state index is 11.5. The maximum Gasteiger partial charge on any atom is 0.294 e. The first-order chi connectivity index (χ1) is 10.2. The van der Waals surface area contributed by atoms with Crippen LogP contribution in [-0.4, -0.2) is 13.0 Å². The summed E-state index contributed by atoms with van der Waals surface area (Å²) in [6.07, 6.45) is 1.73. The van der Waals surface area contributed by atoms with Gasteiger partial charge in [-0.2, -0.15) is 8.42 Å². The predicted octanol–water partition coefficient (Wildman–Crippen LogP) is 4.48. The van der Waals surface area contributed by atoms with Crippen LogP contribution in [0.5, 0.6) is 0 Å². The number of hydrogen-bond acceptors (Lipinski definition) is 2. The molecule has 0 aromatic heterocycles. The normalized spacial score (nSPS) is 12.5. The van der Waals surface area contributed by atoms with E-state index in [1.54, 1.807) is 12.1 Å². The molecule has 120 valence electrons. The van der Waals surface area contributed by atoms with E-state index >= 15 is 0 Å². The van der Waals surface area contributed by atoms with Crippen LogP contribution in [0.2, 0.25) is 0 Å². The summed E-state index contributed by atoms with van der Waals surface area (Å²) in [6.45, 7) is 8.50. The molecule has 0 heterocycles. The van der Waals surface area contributed by atoms with E-state index in [0.29, 0.717) is 11.8 Å². The minimum Gasteiger partial charge on any atom is -0.282 e. The molecule has 0 radical (unpaired) electrons. The predicted molar refractivity (Wildman–Crippen MR) is 90.8 cm³/mol. The fourth-order valence-electron chi connectivity index (χ4n) is 2.82. The Morgan fingerprint density at radius 2 is 1.59 bits per heavy atom. The van der Waals surface area contributed by atoms with E-state index in [0.717, 1.165) is 29.2 Å². The molecule has 0 aliphatic heterocycles. The van der Waals surface area contributed by atoms with Crippen LogP contribution in [0.1, 0.15) is 38.8 Å². The molecule has 0 fully saturated rings. The Hall–Kier alpha value is -1.39. The van der Waals surface area contributed by atoms with Gasteiger partial charge in [0.25, 0.3) is 10.1 Å². The molecule has 0 unspecified atom stereocenters. The lowest BCUT2D eigenvalue weighted by molar-refractivity contribution is 0.483. The van der Waals surface area contributed by atoms with Crippen LogP contribution >= 0.6 is 0 Å². The van der Waals surface area contributed by atoms with Gasteiger partial charge >= 0.3 is 0 Å². The second-order valence-corrected chi connectivity index (χ2v) is 8.23. The molecule has 0 atom stereocenters. The Balaban J connectivity index is 2.65. The molecule has 0 aliphatic carbocycles. The van der Waals surface area contributed by atoms with Crippen LogP contribution in [0.25, 0.3) is 10.8 Å². The lowest BCUT2D eigenvalue weighted by Gasteiger charge is -2.13. The number of rotatable bonds is 5. The molecule has 2 aromatic rings. The van der Waals surface area contributed by atoms with Crippen molar-refractivity contribution in [2.45, 2.75) is 45.4 Å². The molecule has 3 nitrogen and oxygen atoms in total. The Labute approximate surface area is 133 Å². The molecule has 2 rings (SSSR count). The Bertz CT molecular complexity index is 774. The average Bonchev–Trinajstić information content (AvgIpc) is 2.35. The third-order valence-electron chi connectivity index (χ3n) is 3.65. The van der Waals surface area contributed by atoms with E-state index < -0.39 is 10.1 Å². The van der Waals surface area contributed by atoms with Gasteiger partial charge in [0, 0.05) is 0 Å². The smallest absolute Gasteiger partial charge is 0.282 e. The standard InChI is InChI=1S/C18H24O3S/c1-12(2)7-14-5-6-18-15(8-13(3)4)10-17(22(19,20)21)11-16(18)9-14/h5-6,9-13H,7-8H2,1-4H3,(H,19,20,21).